The summed E-state index contributed by atoms with van der Waals surface area (Å²) in [5.74, 6) is 0. The number of aromatic nitrogens is 1. The van der Waals surface area contributed by atoms with Crippen LogP contribution >= 0.6 is 11.6 Å². The third-order valence-electron chi connectivity index (χ3n) is 3.06. The maximum Gasteiger partial charge on any atom is 0.254 e. The Kier molecular flexibility index (Phi) is 3.86. The average molecular weight is 276 g/mol. The van der Waals surface area contributed by atoms with Gasteiger partial charge in [0.15, 0.2) is 0 Å². The fourth-order valence-electron chi connectivity index (χ4n) is 1.99. The van der Waals surface area contributed by atoms with Crippen molar-refractivity contribution in [3.05, 3.63) is 57.9 Å². The van der Waals surface area contributed by atoms with Gasteiger partial charge in [0.05, 0.1) is 12.1 Å². The molecule has 2 rings (SSSR count). The molecule has 0 bridgehead atoms. The highest BCUT2D eigenvalue weighted by atomic mass is 35.5. The number of carbonyl (C=O) groups excluding carboxylic acids is 1. The number of carbonyl (C=O) groups is 1. The Morgan fingerprint density at radius 3 is 2.37 bits per heavy atom. The van der Waals surface area contributed by atoms with Gasteiger partial charge in [0.25, 0.3) is 5.56 Å². The summed E-state index contributed by atoms with van der Waals surface area (Å²) in [6.07, 6.45) is -0.0393. The van der Waals surface area contributed by atoms with Crippen molar-refractivity contribution in [1.82, 2.24) is 4.57 Å². The molecule has 0 atom stereocenters. The van der Waals surface area contributed by atoms with E-state index in [2.05, 4.69) is 0 Å². The normalized spacial score (nSPS) is 10.5. The average Bonchev–Trinajstić information content (AvgIpc) is 2.36. The summed E-state index contributed by atoms with van der Waals surface area (Å²) in [6, 6.07) is 11.4. The van der Waals surface area contributed by atoms with E-state index in [0.29, 0.717) is 5.56 Å². The summed E-state index contributed by atoms with van der Waals surface area (Å²) in [7, 11) is 1.69. The number of benzene rings is 1. The van der Waals surface area contributed by atoms with E-state index in [-0.39, 0.29) is 12.0 Å². The number of rotatable bonds is 3. The Hall–Kier alpha value is -1.87. The highest BCUT2D eigenvalue weighted by Crippen LogP contribution is 2.18. The van der Waals surface area contributed by atoms with E-state index in [1.807, 2.05) is 37.3 Å². The van der Waals surface area contributed by atoms with Crippen molar-refractivity contribution < 1.29 is 4.79 Å². The molecular weight excluding hydrogens is 262 g/mol. The van der Waals surface area contributed by atoms with E-state index < -0.39 is 5.24 Å². The molecule has 1 aromatic carbocycles. The first kappa shape index (κ1) is 13.6. The van der Waals surface area contributed by atoms with E-state index >= 15 is 0 Å². The largest absolute Gasteiger partial charge is 0.311 e. The molecule has 0 spiro atoms. The summed E-state index contributed by atoms with van der Waals surface area (Å²) < 4.78 is 1.54. The maximum atomic E-state index is 12.1. The lowest BCUT2D eigenvalue weighted by Gasteiger charge is -2.10. The minimum Gasteiger partial charge on any atom is -0.311 e. The molecule has 0 amide bonds. The van der Waals surface area contributed by atoms with Crippen LogP contribution in [-0.2, 0) is 18.3 Å². The molecule has 0 radical (unpaired) electrons. The fraction of sp³-hybridized carbons (Fsp3) is 0.200. The van der Waals surface area contributed by atoms with Crippen LogP contribution in [0.15, 0.2) is 41.2 Å². The molecule has 4 heteroatoms. The van der Waals surface area contributed by atoms with Gasteiger partial charge in [-0.05, 0) is 30.2 Å². The number of pyridine rings is 1. The van der Waals surface area contributed by atoms with Crippen LogP contribution in [0.2, 0.25) is 0 Å². The van der Waals surface area contributed by atoms with Gasteiger partial charge in [-0.25, -0.2) is 0 Å². The summed E-state index contributed by atoms with van der Waals surface area (Å²) in [4.78, 5) is 23.0. The molecule has 0 saturated carbocycles. The Labute approximate surface area is 116 Å². The third kappa shape index (κ3) is 2.93. The lowest BCUT2D eigenvalue weighted by Crippen LogP contribution is -2.23. The van der Waals surface area contributed by atoms with Crippen molar-refractivity contribution in [2.75, 3.05) is 0 Å². The molecule has 98 valence electrons. The van der Waals surface area contributed by atoms with Crippen LogP contribution in [0.5, 0.6) is 0 Å². The monoisotopic (exact) mass is 275 g/mol. The van der Waals surface area contributed by atoms with Gasteiger partial charge in [0.1, 0.15) is 0 Å². The predicted molar refractivity (Wildman–Crippen MR) is 76.4 cm³/mol. The zero-order valence-corrected chi connectivity index (χ0v) is 11.6. The van der Waals surface area contributed by atoms with Crippen molar-refractivity contribution in [2.45, 2.75) is 13.3 Å². The van der Waals surface area contributed by atoms with Crippen molar-refractivity contribution in [3.8, 4) is 11.3 Å². The lowest BCUT2D eigenvalue weighted by molar-refractivity contribution is -0.111. The summed E-state index contributed by atoms with van der Waals surface area (Å²) in [6.45, 7) is 2.01. The Bertz CT molecular complexity index is 672. The first-order chi connectivity index (χ1) is 8.99. The fourth-order valence-corrected chi connectivity index (χ4v) is 2.13. The molecule has 0 fully saturated rings. The first-order valence-electron chi connectivity index (χ1n) is 5.93. The standard InChI is InChI=1S/C15H14ClNO2/c1-10-3-5-11(6-4-10)13-8-7-12(9-14(16)18)15(19)17(13)2/h3-8H,9H2,1-2H3. The molecule has 0 saturated heterocycles. The Balaban J connectivity index is 2.49. The zero-order chi connectivity index (χ0) is 14.0. The SMILES string of the molecule is Cc1ccc(-c2ccc(CC(=O)Cl)c(=O)n2C)cc1. The molecule has 0 N–H and O–H groups in total. The summed E-state index contributed by atoms with van der Waals surface area (Å²) in [5, 5.41) is -0.528. The van der Waals surface area contributed by atoms with Gasteiger partial charge >= 0.3 is 0 Å². The second-order valence-electron chi connectivity index (χ2n) is 4.51. The van der Waals surface area contributed by atoms with Gasteiger partial charge in [-0.1, -0.05) is 35.9 Å². The van der Waals surface area contributed by atoms with Crippen molar-refractivity contribution in [3.63, 3.8) is 0 Å². The zero-order valence-electron chi connectivity index (χ0n) is 10.8. The van der Waals surface area contributed by atoms with E-state index in [9.17, 15) is 9.59 Å². The topological polar surface area (TPSA) is 39.1 Å². The molecule has 3 nitrogen and oxygen atoms in total. The molecule has 0 aliphatic rings. The van der Waals surface area contributed by atoms with Crippen molar-refractivity contribution >= 4 is 16.8 Å². The molecule has 0 aliphatic carbocycles. The van der Waals surface area contributed by atoms with Gasteiger partial charge in [0.2, 0.25) is 5.24 Å². The van der Waals surface area contributed by atoms with Crippen LogP contribution < -0.4 is 5.56 Å². The predicted octanol–water partition coefficient (Wildman–Crippen LogP) is 2.67. The summed E-state index contributed by atoms with van der Waals surface area (Å²) in [5.41, 5.74) is 3.17. The van der Waals surface area contributed by atoms with Gasteiger partial charge in [-0.15, -0.1) is 0 Å². The lowest BCUT2D eigenvalue weighted by atomic mass is 10.1. The van der Waals surface area contributed by atoms with E-state index in [0.717, 1.165) is 16.8 Å². The smallest absolute Gasteiger partial charge is 0.254 e. The number of nitrogens with zero attached hydrogens (tertiary/aromatic N) is 1. The van der Waals surface area contributed by atoms with Gasteiger partial charge < -0.3 is 4.57 Å². The quantitative estimate of drug-likeness (QED) is 0.808. The third-order valence-corrected chi connectivity index (χ3v) is 3.19. The Morgan fingerprint density at radius 2 is 1.79 bits per heavy atom. The highest BCUT2D eigenvalue weighted by Gasteiger charge is 2.09. The number of hydrogen-bond acceptors (Lipinski definition) is 2. The molecule has 0 aliphatic heterocycles. The van der Waals surface area contributed by atoms with E-state index in [4.69, 9.17) is 11.6 Å². The van der Waals surface area contributed by atoms with Crippen LogP contribution in [0.3, 0.4) is 0 Å². The molecule has 19 heavy (non-hydrogen) atoms. The van der Waals surface area contributed by atoms with E-state index in [1.54, 1.807) is 17.7 Å². The van der Waals surface area contributed by atoms with Crippen LogP contribution in [0.1, 0.15) is 11.1 Å². The number of halogens is 1. The second-order valence-corrected chi connectivity index (χ2v) is 4.93. The minimum absolute atomic E-state index is 0.0393. The van der Waals surface area contributed by atoms with Gasteiger partial charge in [0, 0.05) is 12.6 Å². The van der Waals surface area contributed by atoms with Gasteiger partial charge in [-0.3, -0.25) is 9.59 Å². The van der Waals surface area contributed by atoms with Crippen LogP contribution in [0.25, 0.3) is 11.3 Å². The Morgan fingerprint density at radius 1 is 1.16 bits per heavy atom. The minimum atomic E-state index is -0.528. The van der Waals surface area contributed by atoms with Crippen LogP contribution in [0, 0.1) is 6.92 Å². The molecule has 2 aromatic rings. The van der Waals surface area contributed by atoms with Crippen LogP contribution in [-0.4, -0.2) is 9.81 Å². The summed E-state index contributed by atoms with van der Waals surface area (Å²) >= 11 is 5.32. The highest BCUT2D eigenvalue weighted by molar-refractivity contribution is 6.63. The van der Waals surface area contributed by atoms with Crippen molar-refractivity contribution in [2.24, 2.45) is 7.05 Å². The molecule has 1 heterocycles. The van der Waals surface area contributed by atoms with Gasteiger partial charge in [-0.2, -0.15) is 0 Å². The second kappa shape index (κ2) is 5.41. The maximum absolute atomic E-state index is 12.1. The molecule has 1 aromatic heterocycles. The van der Waals surface area contributed by atoms with E-state index in [1.165, 1.54) is 0 Å². The molecule has 0 unspecified atom stereocenters. The first-order valence-corrected chi connectivity index (χ1v) is 6.31. The number of hydrogen-bond donors (Lipinski definition) is 0. The van der Waals surface area contributed by atoms with Crippen LogP contribution in [0.4, 0.5) is 0 Å². The number of aryl methyl sites for hydroxylation is 1. The van der Waals surface area contributed by atoms with Crippen molar-refractivity contribution in [1.29, 1.82) is 0 Å². The molecular formula is C15H14ClNO2.